The lowest BCUT2D eigenvalue weighted by Gasteiger charge is -2.06. The molecule has 3 N–H and O–H groups in total. The van der Waals surface area contributed by atoms with Crippen LogP contribution in [0.3, 0.4) is 0 Å². The molecule has 0 radical (unpaired) electrons. The van der Waals surface area contributed by atoms with E-state index in [1.54, 1.807) is 10.7 Å². The highest BCUT2D eigenvalue weighted by Crippen LogP contribution is 2.05. The van der Waals surface area contributed by atoms with E-state index in [4.69, 9.17) is 18.0 Å². The Labute approximate surface area is 117 Å². The predicted molar refractivity (Wildman–Crippen MR) is 78.1 cm³/mol. The highest BCUT2D eigenvalue weighted by molar-refractivity contribution is 7.80. The highest BCUT2D eigenvalue weighted by Gasteiger charge is 2.04. The van der Waals surface area contributed by atoms with Crippen molar-refractivity contribution in [1.82, 2.24) is 19.7 Å². The highest BCUT2D eigenvalue weighted by atomic mass is 32.1. The molecule has 0 amide bonds. The van der Waals surface area contributed by atoms with Crippen molar-refractivity contribution < 1.29 is 0 Å². The molecule has 19 heavy (non-hydrogen) atoms. The molecular weight excluding hydrogens is 260 g/mol. The monoisotopic (exact) mass is 276 g/mol. The molecule has 0 aromatic carbocycles. The molecule has 0 aliphatic heterocycles. The van der Waals surface area contributed by atoms with Crippen LogP contribution in [0.15, 0.2) is 18.5 Å². The van der Waals surface area contributed by atoms with E-state index >= 15 is 0 Å². The second-order valence-electron chi connectivity index (χ2n) is 4.28. The molecule has 0 saturated heterocycles. The number of nitrogens with one attached hydrogen (secondary N) is 1. The second kappa shape index (κ2) is 5.75. The lowest BCUT2D eigenvalue weighted by Crippen LogP contribution is -2.15. The summed E-state index contributed by atoms with van der Waals surface area (Å²) in [7, 11) is 1.90. The summed E-state index contributed by atoms with van der Waals surface area (Å²) in [6.07, 6.45) is 4.69. The molecule has 2 heterocycles. The van der Waals surface area contributed by atoms with Gasteiger partial charge in [0.25, 0.3) is 0 Å². The van der Waals surface area contributed by atoms with Crippen LogP contribution < -0.4 is 11.1 Å². The number of nitrogens with zero attached hydrogens (tertiary/aromatic N) is 4. The van der Waals surface area contributed by atoms with E-state index in [9.17, 15) is 0 Å². The second-order valence-corrected chi connectivity index (χ2v) is 4.72. The number of anilines is 1. The first-order valence-corrected chi connectivity index (χ1v) is 6.32. The van der Waals surface area contributed by atoms with E-state index < -0.39 is 0 Å². The molecule has 6 nitrogen and oxygen atoms in total. The maximum Gasteiger partial charge on any atom is 0.223 e. The van der Waals surface area contributed by atoms with Crippen molar-refractivity contribution in [3.05, 3.63) is 35.4 Å². The summed E-state index contributed by atoms with van der Waals surface area (Å²) in [5.74, 6) is 0.548. The first-order valence-electron chi connectivity index (χ1n) is 5.91. The summed E-state index contributed by atoms with van der Waals surface area (Å²) in [6, 6.07) is 1.77. The summed E-state index contributed by atoms with van der Waals surface area (Å²) in [5, 5.41) is 7.28. The number of rotatable bonds is 5. The van der Waals surface area contributed by atoms with Gasteiger partial charge in [-0.3, -0.25) is 4.68 Å². The van der Waals surface area contributed by atoms with E-state index in [-0.39, 0.29) is 4.99 Å². The Bertz CT molecular complexity index is 592. The molecule has 0 fully saturated rings. The largest absolute Gasteiger partial charge is 0.388 e. The molecule has 0 aliphatic rings. The van der Waals surface area contributed by atoms with Crippen molar-refractivity contribution in [2.45, 2.75) is 13.3 Å². The summed E-state index contributed by atoms with van der Waals surface area (Å²) in [4.78, 5) is 8.83. The third-order valence-corrected chi connectivity index (χ3v) is 2.77. The van der Waals surface area contributed by atoms with Crippen LogP contribution in [0, 0.1) is 6.92 Å². The van der Waals surface area contributed by atoms with Crippen LogP contribution in [0.25, 0.3) is 0 Å². The van der Waals surface area contributed by atoms with Crippen LogP contribution in [-0.4, -0.2) is 31.3 Å². The number of thiocarbonyl (C=S) groups is 1. The Morgan fingerprint density at radius 1 is 1.47 bits per heavy atom. The zero-order valence-corrected chi connectivity index (χ0v) is 11.7. The smallest absolute Gasteiger partial charge is 0.223 e. The number of hydrogen-bond donors (Lipinski definition) is 2. The van der Waals surface area contributed by atoms with Gasteiger partial charge >= 0.3 is 0 Å². The van der Waals surface area contributed by atoms with Crippen LogP contribution >= 0.6 is 12.2 Å². The van der Waals surface area contributed by atoms with Gasteiger partial charge in [0.2, 0.25) is 5.95 Å². The number of nitrogens with two attached hydrogens (primary N) is 1. The molecule has 0 aliphatic carbocycles. The SMILES string of the molecule is Cc1cc(C(N)=S)nc(NCCc2cnn(C)c2)n1. The number of hydrogen-bond acceptors (Lipinski definition) is 5. The van der Waals surface area contributed by atoms with Gasteiger partial charge in [0.05, 0.1) is 6.20 Å². The van der Waals surface area contributed by atoms with Crippen LogP contribution in [0.5, 0.6) is 0 Å². The van der Waals surface area contributed by atoms with Crippen molar-refractivity contribution in [2.24, 2.45) is 12.8 Å². The van der Waals surface area contributed by atoms with Crippen LogP contribution in [0.2, 0.25) is 0 Å². The summed E-state index contributed by atoms with van der Waals surface area (Å²) < 4.78 is 1.78. The lowest BCUT2D eigenvalue weighted by atomic mass is 10.2. The fraction of sp³-hybridized carbons (Fsp3) is 0.333. The third kappa shape index (κ3) is 3.72. The Morgan fingerprint density at radius 3 is 2.89 bits per heavy atom. The first kappa shape index (κ1) is 13.4. The molecule has 2 aromatic rings. The first-order chi connectivity index (χ1) is 9.04. The van der Waals surface area contributed by atoms with Gasteiger partial charge < -0.3 is 11.1 Å². The van der Waals surface area contributed by atoms with Crippen molar-refractivity contribution in [2.75, 3.05) is 11.9 Å². The number of aryl methyl sites for hydroxylation is 2. The van der Waals surface area contributed by atoms with E-state index in [0.29, 0.717) is 11.6 Å². The summed E-state index contributed by atoms with van der Waals surface area (Å²) in [6.45, 7) is 2.61. The van der Waals surface area contributed by atoms with Crippen molar-refractivity contribution in [1.29, 1.82) is 0 Å². The molecular formula is C12H16N6S. The van der Waals surface area contributed by atoms with E-state index in [2.05, 4.69) is 20.4 Å². The lowest BCUT2D eigenvalue weighted by molar-refractivity contribution is 0.766. The van der Waals surface area contributed by atoms with Crippen molar-refractivity contribution in [3.8, 4) is 0 Å². The standard InChI is InChI=1S/C12H16N6S/c1-8-5-10(11(13)19)17-12(16-8)14-4-3-9-6-15-18(2)7-9/h5-7H,3-4H2,1-2H3,(H2,13,19)(H,14,16,17). The van der Waals surface area contributed by atoms with Gasteiger partial charge in [-0.2, -0.15) is 5.10 Å². The maximum atomic E-state index is 5.58. The van der Waals surface area contributed by atoms with E-state index in [1.165, 1.54) is 0 Å². The average molecular weight is 276 g/mol. The van der Waals surface area contributed by atoms with Gasteiger partial charge in [-0.1, -0.05) is 12.2 Å². The fourth-order valence-electron chi connectivity index (χ4n) is 1.69. The van der Waals surface area contributed by atoms with E-state index in [0.717, 1.165) is 24.2 Å². The zero-order valence-electron chi connectivity index (χ0n) is 10.9. The molecule has 7 heteroatoms. The Hall–Kier alpha value is -2.02. The summed E-state index contributed by atoms with van der Waals surface area (Å²) in [5.41, 5.74) is 8.16. The molecule has 0 saturated carbocycles. The Balaban J connectivity index is 1.97. The fourth-order valence-corrected chi connectivity index (χ4v) is 1.80. The van der Waals surface area contributed by atoms with Crippen LogP contribution in [0.4, 0.5) is 5.95 Å². The van der Waals surface area contributed by atoms with E-state index in [1.807, 2.05) is 26.4 Å². The van der Waals surface area contributed by atoms with Gasteiger partial charge in [0.15, 0.2) is 0 Å². The molecule has 2 rings (SSSR count). The molecule has 2 aromatic heterocycles. The number of aromatic nitrogens is 4. The molecule has 100 valence electrons. The van der Waals surface area contributed by atoms with Crippen LogP contribution in [0.1, 0.15) is 17.0 Å². The van der Waals surface area contributed by atoms with Gasteiger partial charge in [0.1, 0.15) is 10.7 Å². The van der Waals surface area contributed by atoms with Crippen molar-refractivity contribution in [3.63, 3.8) is 0 Å². The zero-order chi connectivity index (χ0) is 13.8. The minimum absolute atomic E-state index is 0.279. The minimum Gasteiger partial charge on any atom is -0.388 e. The third-order valence-electron chi connectivity index (χ3n) is 2.56. The van der Waals surface area contributed by atoms with Gasteiger partial charge in [-0.15, -0.1) is 0 Å². The van der Waals surface area contributed by atoms with Gasteiger partial charge in [-0.05, 0) is 25.0 Å². The molecule has 0 atom stereocenters. The normalized spacial score (nSPS) is 10.4. The summed E-state index contributed by atoms with van der Waals surface area (Å²) >= 11 is 4.92. The quantitative estimate of drug-likeness (QED) is 0.786. The van der Waals surface area contributed by atoms with Crippen molar-refractivity contribution >= 4 is 23.2 Å². The van der Waals surface area contributed by atoms with Crippen LogP contribution in [-0.2, 0) is 13.5 Å². The van der Waals surface area contributed by atoms with Gasteiger partial charge in [-0.25, -0.2) is 9.97 Å². The van der Waals surface area contributed by atoms with Gasteiger partial charge in [0, 0.05) is 25.5 Å². The topological polar surface area (TPSA) is 81.6 Å². The maximum absolute atomic E-state index is 5.58. The average Bonchev–Trinajstić information content (AvgIpc) is 2.74. The Kier molecular flexibility index (Phi) is 4.06. The molecule has 0 bridgehead atoms. The molecule has 0 spiro atoms. The molecule has 0 unspecified atom stereocenters. The minimum atomic E-state index is 0.279. The Morgan fingerprint density at radius 2 is 2.26 bits per heavy atom. The predicted octanol–water partition coefficient (Wildman–Crippen LogP) is 0.807.